The Kier molecular flexibility index (Phi) is 8.65. The van der Waals surface area contributed by atoms with Crippen LogP contribution in [0.25, 0.3) is 0 Å². The molecule has 210 valence electrons. The summed E-state index contributed by atoms with van der Waals surface area (Å²) in [7, 11) is 2.81. The molecule has 2 aliphatic heterocycles. The molecule has 2 aliphatic rings. The summed E-state index contributed by atoms with van der Waals surface area (Å²) in [4.78, 5) is 0. The highest BCUT2D eigenvalue weighted by molar-refractivity contribution is 5.44. The van der Waals surface area contributed by atoms with Gasteiger partial charge in [-0.2, -0.15) is 0 Å². The summed E-state index contributed by atoms with van der Waals surface area (Å²) >= 11 is 0. The number of phenols is 2. The summed E-state index contributed by atoms with van der Waals surface area (Å²) in [6, 6.07) is 9.33. The third-order valence-electron chi connectivity index (χ3n) is 7.22. The molecule has 0 saturated carbocycles. The second-order valence-corrected chi connectivity index (χ2v) is 9.51. The smallest absolute Gasteiger partial charge is 0.187 e. The summed E-state index contributed by atoms with van der Waals surface area (Å²) in [5, 5.41) is 71.5. The molecule has 12 nitrogen and oxygen atoms in total. The summed E-state index contributed by atoms with van der Waals surface area (Å²) in [5.74, 6) is -0.488. The molecule has 12 heteroatoms. The first-order chi connectivity index (χ1) is 18.2. The molecule has 0 aliphatic carbocycles. The van der Waals surface area contributed by atoms with Crippen LogP contribution in [0.1, 0.15) is 17.2 Å². The Bertz CT molecular complexity index is 1090. The molecule has 7 N–H and O–H groups in total. The Hall–Kier alpha value is -2.68. The highest BCUT2D eigenvalue weighted by Crippen LogP contribution is 2.47. The number of hydrogen-bond acceptors (Lipinski definition) is 12. The van der Waals surface area contributed by atoms with Crippen LogP contribution >= 0.6 is 0 Å². The second-order valence-electron chi connectivity index (χ2n) is 9.51. The lowest BCUT2D eigenvalue weighted by Crippen LogP contribution is -2.62. The van der Waals surface area contributed by atoms with E-state index in [-0.39, 0.29) is 36.0 Å². The van der Waals surface area contributed by atoms with E-state index in [0.29, 0.717) is 11.1 Å². The number of phenolic OH excluding ortho intramolecular Hbond substituents is 2. The van der Waals surface area contributed by atoms with Gasteiger partial charge in [0.05, 0.1) is 40.1 Å². The molecule has 4 rings (SSSR count). The summed E-state index contributed by atoms with van der Waals surface area (Å²) in [6.45, 7) is -1.16. The zero-order valence-electron chi connectivity index (χ0n) is 21.0. The normalized spacial score (nSPS) is 33.3. The lowest BCUT2D eigenvalue weighted by Gasteiger charge is -2.44. The van der Waals surface area contributed by atoms with Gasteiger partial charge in [-0.15, -0.1) is 0 Å². The van der Waals surface area contributed by atoms with Crippen LogP contribution in [0.5, 0.6) is 23.0 Å². The van der Waals surface area contributed by atoms with Gasteiger partial charge in [0.15, 0.2) is 29.3 Å². The minimum atomic E-state index is -1.67. The number of benzene rings is 2. The van der Waals surface area contributed by atoms with Crippen molar-refractivity contribution in [3.63, 3.8) is 0 Å². The highest BCUT2D eigenvalue weighted by atomic mass is 16.7. The predicted octanol–water partition coefficient (Wildman–Crippen LogP) is -0.407. The summed E-state index contributed by atoms with van der Waals surface area (Å²) in [5.41, 5.74) is -0.142. The second kappa shape index (κ2) is 11.6. The monoisotopic (exact) mass is 538 g/mol. The Morgan fingerprint density at radius 2 is 1.53 bits per heavy atom. The van der Waals surface area contributed by atoms with Crippen molar-refractivity contribution in [3.05, 3.63) is 47.5 Å². The molecule has 2 fully saturated rings. The largest absolute Gasteiger partial charge is 0.504 e. The molecule has 8 unspecified atom stereocenters. The quantitative estimate of drug-likeness (QED) is 0.219. The first kappa shape index (κ1) is 28.3. The van der Waals surface area contributed by atoms with Gasteiger partial charge in [0.2, 0.25) is 0 Å². The maximum absolute atomic E-state index is 10.7. The SMILES string of the molecule is COc1cc(CC2(OC3OC(CO)C(O)C(O)C3O)COC(c3ccc(O)c(OC)c3)C2CO)ccc1O. The zero-order chi connectivity index (χ0) is 27.6. The van der Waals surface area contributed by atoms with Crippen molar-refractivity contribution in [2.45, 2.75) is 48.8 Å². The maximum atomic E-state index is 10.7. The van der Waals surface area contributed by atoms with E-state index in [1.165, 1.54) is 26.4 Å². The topological polar surface area (TPSA) is 188 Å². The van der Waals surface area contributed by atoms with Crippen molar-refractivity contribution in [1.29, 1.82) is 0 Å². The van der Waals surface area contributed by atoms with E-state index < -0.39 is 61.5 Å². The molecular weight excluding hydrogens is 504 g/mol. The third kappa shape index (κ3) is 5.26. The molecule has 0 radical (unpaired) electrons. The van der Waals surface area contributed by atoms with Crippen LogP contribution < -0.4 is 9.47 Å². The van der Waals surface area contributed by atoms with Crippen LogP contribution in [0.4, 0.5) is 0 Å². The van der Waals surface area contributed by atoms with Crippen LogP contribution in [-0.2, 0) is 20.6 Å². The summed E-state index contributed by atoms with van der Waals surface area (Å²) < 4.78 is 28.5. The van der Waals surface area contributed by atoms with Crippen LogP contribution in [-0.4, -0.2) is 106 Å². The van der Waals surface area contributed by atoms with Gasteiger partial charge in [-0.05, 0) is 35.4 Å². The van der Waals surface area contributed by atoms with Gasteiger partial charge in [-0.1, -0.05) is 12.1 Å². The standard InChI is InChI=1S/C26H34O12/c1-34-18-7-13(3-5-16(18)29)9-26(38-25-23(33)22(32)21(31)20(11-28)37-25)12-36-24(15(26)10-27)14-4-6-17(30)19(8-14)35-2/h3-8,15,20-25,27-33H,9-12H2,1-2H3. The van der Waals surface area contributed by atoms with Gasteiger partial charge < -0.3 is 59.4 Å². The minimum Gasteiger partial charge on any atom is -0.504 e. The van der Waals surface area contributed by atoms with Gasteiger partial charge in [0.1, 0.15) is 30.0 Å². The molecule has 38 heavy (non-hydrogen) atoms. The molecule has 2 saturated heterocycles. The zero-order valence-corrected chi connectivity index (χ0v) is 21.0. The molecule has 0 aromatic heterocycles. The number of hydrogen-bond donors (Lipinski definition) is 7. The number of aliphatic hydroxyl groups is 5. The van der Waals surface area contributed by atoms with Crippen molar-refractivity contribution in [2.75, 3.05) is 34.0 Å². The molecule has 0 bridgehead atoms. The number of aromatic hydroxyl groups is 2. The Morgan fingerprint density at radius 1 is 0.868 bits per heavy atom. The van der Waals surface area contributed by atoms with Crippen molar-refractivity contribution >= 4 is 0 Å². The number of aliphatic hydroxyl groups excluding tert-OH is 5. The van der Waals surface area contributed by atoms with E-state index in [0.717, 1.165) is 0 Å². The fourth-order valence-corrected chi connectivity index (χ4v) is 5.11. The van der Waals surface area contributed by atoms with Crippen LogP contribution in [0.3, 0.4) is 0 Å². The summed E-state index contributed by atoms with van der Waals surface area (Å²) in [6.07, 6.45) is -8.24. The molecule has 0 amide bonds. The first-order valence-electron chi connectivity index (χ1n) is 12.1. The lowest BCUT2D eigenvalue weighted by molar-refractivity contribution is -0.331. The van der Waals surface area contributed by atoms with Crippen molar-refractivity contribution in [1.82, 2.24) is 0 Å². The van der Waals surface area contributed by atoms with Gasteiger partial charge >= 0.3 is 0 Å². The van der Waals surface area contributed by atoms with E-state index in [9.17, 15) is 35.7 Å². The molecule has 2 heterocycles. The van der Waals surface area contributed by atoms with Crippen LogP contribution in [0.2, 0.25) is 0 Å². The van der Waals surface area contributed by atoms with E-state index >= 15 is 0 Å². The van der Waals surface area contributed by atoms with Crippen molar-refractivity contribution in [3.8, 4) is 23.0 Å². The first-order valence-corrected chi connectivity index (χ1v) is 12.1. The van der Waals surface area contributed by atoms with E-state index in [2.05, 4.69) is 0 Å². The fraction of sp³-hybridized carbons (Fsp3) is 0.538. The fourth-order valence-electron chi connectivity index (χ4n) is 5.11. The van der Waals surface area contributed by atoms with E-state index in [1.54, 1.807) is 24.3 Å². The maximum Gasteiger partial charge on any atom is 0.187 e. The molecule has 2 aromatic rings. The molecular formula is C26H34O12. The number of rotatable bonds is 9. The Balaban J connectivity index is 1.73. The average Bonchev–Trinajstić information content (AvgIpc) is 3.27. The Morgan fingerprint density at radius 3 is 2.16 bits per heavy atom. The van der Waals surface area contributed by atoms with Gasteiger partial charge in [0.25, 0.3) is 0 Å². The minimum absolute atomic E-state index is 0.0735. The number of methoxy groups -OCH3 is 2. The Labute approximate surface area is 219 Å². The predicted molar refractivity (Wildman–Crippen MR) is 130 cm³/mol. The average molecular weight is 539 g/mol. The highest BCUT2D eigenvalue weighted by Gasteiger charge is 2.55. The van der Waals surface area contributed by atoms with Gasteiger partial charge in [-0.3, -0.25) is 0 Å². The third-order valence-corrected chi connectivity index (χ3v) is 7.22. The molecule has 2 aromatic carbocycles. The molecule has 0 spiro atoms. The van der Waals surface area contributed by atoms with E-state index in [1.807, 2.05) is 0 Å². The van der Waals surface area contributed by atoms with Crippen LogP contribution in [0.15, 0.2) is 36.4 Å². The lowest BCUT2D eigenvalue weighted by atomic mass is 9.79. The van der Waals surface area contributed by atoms with E-state index in [4.69, 9.17) is 23.7 Å². The number of ether oxygens (including phenoxy) is 5. The van der Waals surface area contributed by atoms with Gasteiger partial charge in [-0.25, -0.2) is 0 Å². The molecule has 8 atom stereocenters. The van der Waals surface area contributed by atoms with Crippen LogP contribution in [0, 0.1) is 5.92 Å². The van der Waals surface area contributed by atoms with Gasteiger partial charge in [0, 0.05) is 12.3 Å². The van der Waals surface area contributed by atoms with Crippen molar-refractivity contribution < 1.29 is 59.4 Å². The van der Waals surface area contributed by atoms with Crippen molar-refractivity contribution in [2.24, 2.45) is 5.92 Å².